The van der Waals surface area contributed by atoms with Crippen molar-refractivity contribution < 1.29 is 29.2 Å². The van der Waals surface area contributed by atoms with Crippen LogP contribution >= 0.6 is 20.2 Å². The average molecular weight is 217 g/mol. The second kappa shape index (κ2) is 43.8. The summed E-state index contributed by atoms with van der Waals surface area (Å²) < 4.78 is 0. The SMILES string of the molecule is CCO.O.O.[Cl][Cu][Cl]. The van der Waals surface area contributed by atoms with Gasteiger partial charge in [-0.15, -0.1) is 0 Å². The Kier molecular flexibility index (Phi) is 126. The molecule has 0 amide bonds. The molecule has 8 heavy (non-hydrogen) atoms. The Morgan fingerprint density at radius 3 is 1.38 bits per heavy atom. The van der Waals surface area contributed by atoms with Gasteiger partial charge in [0.05, 0.1) is 0 Å². The molecular weight excluding hydrogens is 206 g/mol. The number of aliphatic hydroxyl groups is 1. The molecule has 0 aromatic rings. The van der Waals surface area contributed by atoms with Gasteiger partial charge < -0.3 is 16.1 Å². The number of aliphatic hydroxyl groups excluding tert-OH is 1. The van der Waals surface area contributed by atoms with Crippen molar-refractivity contribution in [2.24, 2.45) is 0 Å². The molecule has 5 N–H and O–H groups in total. The summed E-state index contributed by atoms with van der Waals surface area (Å²) in [6, 6.07) is 0. The minimum absolute atomic E-state index is 0. The summed E-state index contributed by atoms with van der Waals surface area (Å²) in [5.74, 6) is 0. The van der Waals surface area contributed by atoms with E-state index in [9.17, 15) is 0 Å². The molecule has 0 aliphatic heterocycles. The molecule has 0 heterocycles. The van der Waals surface area contributed by atoms with Gasteiger partial charge in [-0.25, -0.2) is 0 Å². The summed E-state index contributed by atoms with van der Waals surface area (Å²) in [5, 5.41) is 7.57. The van der Waals surface area contributed by atoms with Crippen LogP contribution in [0.3, 0.4) is 0 Å². The van der Waals surface area contributed by atoms with Gasteiger partial charge in [-0.2, -0.15) is 0 Å². The molecule has 61 valence electrons. The zero-order valence-corrected chi connectivity index (χ0v) is 6.67. The van der Waals surface area contributed by atoms with Crippen molar-refractivity contribution in [2.45, 2.75) is 6.92 Å². The second-order valence-electron chi connectivity index (χ2n) is 0.359. The molecule has 0 saturated heterocycles. The van der Waals surface area contributed by atoms with Gasteiger partial charge >= 0.3 is 33.3 Å². The van der Waals surface area contributed by atoms with E-state index in [1.807, 2.05) is 0 Å². The molecule has 6 heteroatoms. The quantitative estimate of drug-likeness (QED) is 0.555. The van der Waals surface area contributed by atoms with Crippen LogP contribution < -0.4 is 0 Å². The summed E-state index contributed by atoms with van der Waals surface area (Å²) >= 11 is 0.757. The van der Waals surface area contributed by atoms with Gasteiger partial charge in [0, 0.05) is 6.61 Å². The summed E-state index contributed by atoms with van der Waals surface area (Å²) in [6.45, 7) is 1.93. The predicted molar refractivity (Wildman–Crippen MR) is 31.7 cm³/mol. The third-order valence-corrected chi connectivity index (χ3v) is 0. The Morgan fingerprint density at radius 1 is 1.38 bits per heavy atom. The van der Waals surface area contributed by atoms with Crippen molar-refractivity contribution in [1.29, 1.82) is 0 Å². The molecule has 0 spiro atoms. The number of hydrogen-bond acceptors (Lipinski definition) is 1. The van der Waals surface area contributed by atoms with Crippen LogP contribution in [0, 0.1) is 0 Å². The van der Waals surface area contributed by atoms with Crippen molar-refractivity contribution >= 4 is 20.2 Å². The van der Waals surface area contributed by atoms with Crippen molar-refractivity contribution in [3.05, 3.63) is 0 Å². The fourth-order valence-electron chi connectivity index (χ4n) is 0. The Labute approximate surface area is 63.2 Å². The van der Waals surface area contributed by atoms with E-state index in [1.165, 1.54) is 0 Å². The Balaban J connectivity index is -0.0000000160. The monoisotopic (exact) mass is 215 g/mol. The van der Waals surface area contributed by atoms with E-state index < -0.39 is 0 Å². The molecule has 0 aromatic heterocycles. The van der Waals surface area contributed by atoms with Crippen LogP contribution in [0.25, 0.3) is 0 Å². The van der Waals surface area contributed by atoms with Gasteiger partial charge in [0.2, 0.25) is 0 Å². The van der Waals surface area contributed by atoms with E-state index in [0.717, 1.165) is 13.1 Å². The van der Waals surface area contributed by atoms with Crippen LogP contribution in [-0.2, 0) is 13.1 Å². The van der Waals surface area contributed by atoms with E-state index in [4.69, 9.17) is 5.11 Å². The third kappa shape index (κ3) is 260. The molecule has 0 aliphatic rings. The fraction of sp³-hybridized carbons (Fsp3) is 1.00. The van der Waals surface area contributed by atoms with Crippen LogP contribution in [0.15, 0.2) is 0 Å². The summed E-state index contributed by atoms with van der Waals surface area (Å²) in [6.07, 6.45) is 0. The third-order valence-electron chi connectivity index (χ3n) is 0. The van der Waals surface area contributed by atoms with E-state index in [0.29, 0.717) is 0 Å². The molecule has 0 saturated carbocycles. The predicted octanol–water partition coefficient (Wildman–Crippen LogP) is -0.274. The first-order valence-corrected chi connectivity index (χ1v) is 3.84. The van der Waals surface area contributed by atoms with Crippen LogP contribution in [0.2, 0.25) is 0 Å². The van der Waals surface area contributed by atoms with Crippen molar-refractivity contribution in [2.75, 3.05) is 6.61 Å². The zero-order chi connectivity index (χ0) is 5.41. The molecule has 0 radical (unpaired) electrons. The first kappa shape index (κ1) is 23.1. The van der Waals surface area contributed by atoms with E-state index in [1.54, 1.807) is 6.92 Å². The molecular formula is C2H10Cl2CuO3. The maximum atomic E-state index is 7.57. The Hall–Kier alpha value is 0.979. The summed E-state index contributed by atoms with van der Waals surface area (Å²) in [5.41, 5.74) is 0. The summed E-state index contributed by atoms with van der Waals surface area (Å²) in [4.78, 5) is 0. The first-order chi connectivity index (χ1) is 2.83. The first-order valence-electron chi connectivity index (χ1n) is 1.25. The molecule has 0 fully saturated rings. The molecule has 3 nitrogen and oxygen atoms in total. The average Bonchev–Trinajstić information content (AvgIpc) is 1.39. The minimum atomic E-state index is 0. The van der Waals surface area contributed by atoms with Crippen LogP contribution in [0.5, 0.6) is 0 Å². The summed E-state index contributed by atoms with van der Waals surface area (Å²) in [7, 11) is 9.34. The Bertz CT molecular complexity index is 17.2. The van der Waals surface area contributed by atoms with Gasteiger partial charge in [-0.05, 0) is 6.92 Å². The second-order valence-corrected chi connectivity index (χ2v) is 1.91. The fourth-order valence-corrected chi connectivity index (χ4v) is 0. The van der Waals surface area contributed by atoms with Crippen molar-refractivity contribution in [3.63, 3.8) is 0 Å². The molecule has 0 aliphatic carbocycles. The standard InChI is InChI=1S/C2H6O.2ClH.Cu.2H2O/c1-2-3;;;;;/h3H,2H2,1H3;2*1H;;2*1H2/q;;;+2;;/p-2. The topological polar surface area (TPSA) is 83.2 Å². The number of halogens is 2. The Morgan fingerprint density at radius 2 is 1.38 bits per heavy atom. The molecule has 0 atom stereocenters. The molecule has 0 rings (SSSR count). The number of rotatable bonds is 0. The van der Waals surface area contributed by atoms with E-state index >= 15 is 0 Å². The number of hydrogen-bond donors (Lipinski definition) is 1. The van der Waals surface area contributed by atoms with E-state index in [-0.39, 0.29) is 17.6 Å². The molecule has 0 bridgehead atoms. The molecule has 0 aromatic carbocycles. The zero-order valence-electron chi connectivity index (χ0n) is 4.21. The van der Waals surface area contributed by atoms with E-state index in [2.05, 4.69) is 20.2 Å². The van der Waals surface area contributed by atoms with Crippen molar-refractivity contribution in [3.8, 4) is 0 Å². The van der Waals surface area contributed by atoms with Crippen LogP contribution in [0.4, 0.5) is 0 Å². The van der Waals surface area contributed by atoms with Gasteiger partial charge in [0.15, 0.2) is 0 Å². The normalized spacial score (nSPS) is 5.00. The van der Waals surface area contributed by atoms with Crippen LogP contribution in [-0.4, -0.2) is 22.7 Å². The van der Waals surface area contributed by atoms with Gasteiger partial charge in [0.1, 0.15) is 0 Å². The maximum absolute atomic E-state index is 7.57. The molecule has 0 unspecified atom stereocenters. The van der Waals surface area contributed by atoms with Gasteiger partial charge in [-0.1, -0.05) is 0 Å². The van der Waals surface area contributed by atoms with Crippen molar-refractivity contribution in [1.82, 2.24) is 0 Å². The van der Waals surface area contributed by atoms with Gasteiger partial charge in [-0.3, -0.25) is 0 Å². The van der Waals surface area contributed by atoms with Gasteiger partial charge in [0.25, 0.3) is 0 Å². The van der Waals surface area contributed by atoms with Crippen LogP contribution in [0.1, 0.15) is 6.92 Å².